The molecular weight excluding hydrogens is 1320 g/mol. The van der Waals surface area contributed by atoms with Crippen molar-refractivity contribution in [1.82, 2.24) is 0 Å². The van der Waals surface area contributed by atoms with Crippen molar-refractivity contribution in [2.45, 2.75) is 457 Å². The lowest BCUT2D eigenvalue weighted by Crippen LogP contribution is -2.30. The van der Waals surface area contributed by atoms with Gasteiger partial charge in [-0.15, -0.1) is 0 Å². The van der Waals surface area contributed by atoms with E-state index in [0.29, 0.717) is 25.7 Å². The van der Waals surface area contributed by atoms with Crippen LogP contribution in [-0.2, 0) is 65.4 Å². The molecule has 0 spiro atoms. The first-order valence-corrected chi connectivity index (χ1v) is 45.7. The highest BCUT2D eigenvalue weighted by Gasteiger charge is 2.30. The first-order chi connectivity index (χ1) is 49.1. The number of hydrogen-bond donors (Lipinski definition) is 3. The van der Waals surface area contributed by atoms with E-state index in [4.69, 9.17) is 37.0 Å². The first-order valence-electron chi connectivity index (χ1n) is 42.7. The van der Waals surface area contributed by atoms with Crippen LogP contribution in [-0.4, -0.2) is 96.7 Å². The summed E-state index contributed by atoms with van der Waals surface area (Å²) in [7, 11) is -9.91. The predicted molar refractivity (Wildman–Crippen MR) is 414 cm³/mol. The average molecular weight is 1480 g/mol. The molecule has 600 valence electrons. The van der Waals surface area contributed by atoms with E-state index in [2.05, 4.69) is 34.6 Å². The highest BCUT2D eigenvalue weighted by Crippen LogP contribution is 2.45. The van der Waals surface area contributed by atoms with Crippen LogP contribution in [0.3, 0.4) is 0 Å². The van der Waals surface area contributed by atoms with Crippen molar-refractivity contribution in [3.8, 4) is 0 Å². The van der Waals surface area contributed by atoms with Gasteiger partial charge in [0.2, 0.25) is 0 Å². The summed E-state index contributed by atoms with van der Waals surface area (Å²) in [6, 6.07) is 0. The molecule has 0 aliphatic heterocycles. The maximum absolute atomic E-state index is 13.1. The summed E-state index contributed by atoms with van der Waals surface area (Å²) in [6.07, 6.45) is 67.0. The molecule has 0 bridgehead atoms. The summed E-state index contributed by atoms with van der Waals surface area (Å²) in [6.45, 7) is 7.34. The van der Waals surface area contributed by atoms with Crippen molar-refractivity contribution < 1.29 is 80.2 Å². The van der Waals surface area contributed by atoms with Gasteiger partial charge in [0, 0.05) is 25.7 Å². The Hall–Kier alpha value is -1.94. The van der Waals surface area contributed by atoms with Crippen LogP contribution in [0, 0.1) is 5.92 Å². The molecule has 17 nitrogen and oxygen atoms in total. The summed E-state index contributed by atoms with van der Waals surface area (Å²) in [5.41, 5.74) is 0. The summed E-state index contributed by atoms with van der Waals surface area (Å²) >= 11 is 0. The molecule has 19 heteroatoms. The van der Waals surface area contributed by atoms with Gasteiger partial charge in [-0.05, 0) is 31.6 Å². The van der Waals surface area contributed by atoms with E-state index in [0.717, 1.165) is 109 Å². The highest BCUT2D eigenvalue weighted by molar-refractivity contribution is 7.47. The van der Waals surface area contributed by atoms with Gasteiger partial charge < -0.3 is 33.8 Å². The first kappa shape index (κ1) is 99.1. The molecule has 0 heterocycles. The summed E-state index contributed by atoms with van der Waals surface area (Å²) < 4.78 is 68.5. The third-order valence-corrected chi connectivity index (χ3v) is 21.5. The lowest BCUT2D eigenvalue weighted by molar-refractivity contribution is -0.161. The molecular formula is C82H160O17P2. The van der Waals surface area contributed by atoms with Crippen LogP contribution in [0.1, 0.15) is 439 Å². The summed E-state index contributed by atoms with van der Waals surface area (Å²) in [5.74, 6) is -1.24. The van der Waals surface area contributed by atoms with Crippen LogP contribution in [0.15, 0.2) is 0 Å². The maximum atomic E-state index is 13.1. The number of carbonyl (C=O) groups is 4. The van der Waals surface area contributed by atoms with Crippen molar-refractivity contribution in [1.29, 1.82) is 0 Å². The molecule has 6 atom stereocenters. The van der Waals surface area contributed by atoms with Crippen molar-refractivity contribution in [3.63, 3.8) is 0 Å². The zero-order valence-corrected chi connectivity index (χ0v) is 67.8. The number of phosphoric acid groups is 2. The minimum atomic E-state index is -4.96. The monoisotopic (exact) mass is 1480 g/mol. The molecule has 101 heavy (non-hydrogen) atoms. The molecule has 0 saturated heterocycles. The Morgan fingerprint density at radius 2 is 0.475 bits per heavy atom. The van der Waals surface area contributed by atoms with Gasteiger partial charge in [-0.3, -0.25) is 37.3 Å². The number of carbonyl (C=O) groups excluding carboxylic acids is 4. The van der Waals surface area contributed by atoms with Crippen LogP contribution >= 0.6 is 15.6 Å². The third-order valence-electron chi connectivity index (χ3n) is 19.6. The molecule has 0 aliphatic carbocycles. The Morgan fingerprint density at radius 3 is 0.703 bits per heavy atom. The summed E-state index contributed by atoms with van der Waals surface area (Å²) in [5, 5.41) is 10.6. The topological polar surface area (TPSA) is 237 Å². The molecule has 3 N–H and O–H groups in total. The second kappa shape index (κ2) is 74.9. The van der Waals surface area contributed by atoms with Gasteiger partial charge in [0.05, 0.1) is 26.4 Å². The quantitative estimate of drug-likeness (QED) is 0.0222. The van der Waals surface area contributed by atoms with E-state index in [9.17, 15) is 43.2 Å². The molecule has 0 saturated carbocycles. The number of phosphoric ester groups is 2. The number of unbranched alkanes of at least 4 members (excludes halogenated alkanes) is 53. The van der Waals surface area contributed by atoms with Crippen LogP contribution in [0.5, 0.6) is 0 Å². The van der Waals surface area contributed by atoms with Gasteiger partial charge in [-0.1, -0.05) is 388 Å². The molecule has 0 fully saturated rings. The molecule has 0 aromatic rings. The van der Waals surface area contributed by atoms with Crippen molar-refractivity contribution >= 4 is 39.5 Å². The van der Waals surface area contributed by atoms with Gasteiger partial charge in [0.25, 0.3) is 0 Å². The number of aliphatic hydroxyl groups is 1. The van der Waals surface area contributed by atoms with E-state index in [1.54, 1.807) is 0 Å². The molecule has 0 radical (unpaired) electrons. The lowest BCUT2D eigenvalue weighted by Gasteiger charge is -2.21. The van der Waals surface area contributed by atoms with Crippen LogP contribution in [0.4, 0.5) is 0 Å². The molecule has 3 unspecified atom stereocenters. The number of rotatable bonds is 82. The normalized spacial score (nSPS) is 14.1. The fourth-order valence-electron chi connectivity index (χ4n) is 12.7. The zero-order chi connectivity index (χ0) is 74.1. The van der Waals surface area contributed by atoms with Gasteiger partial charge in [0.15, 0.2) is 12.2 Å². The van der Waals surface area contributed by atoms with Crippen molar-refractivity contribution in [2.24, 2.45) is 5.92 Å². The van der Waals surface area contributed by atoms with Crippen molar-refractivity contribution in [3.05, 3.63) is 0 Å². The third kappa shape index (κ3) is 74.7. The van der Waals surface area contributed by atoms with E-state index < -0.39 is 97.5 Å². The Labute approximate surface area is 619 Å². The van der Waals surface area contributed by atoms with E-state index in [1.165, 1.54) is 250 Å². The Morgan fingerprint density at radius 1 is 0.277 bits per heavy atom. The maximum Gasteiger partial charge on any atom is 0.472 e. The highest BCUT2D eigenvalue weighted by atomic mass is 31.2. The smallest absolute Gasteiger partial charge is 0.462 e. The minimum Gasteiger partial charge on any atom is -0.462 e. The van der Waals surface area contributed by atoms with Crippen LogP contribution in [0.2, 0.25) is 0 Å². The number of esters is 4. The van der Waals surface area contributed by atoms with E-state index in [1.807, 2.05) is 0 Å². The summed E-state index contributed by atoms with van der Waals surface area (Å²) in [4.78, 5) is 72.8. The van der Waals surface area contributed by atoms with Gasteiger partial charge >= 0.3 is 39.5 Å². The minimum absolute atomic E-state index is 0.107. The van der Waals surface area contributed by atoms with Gasteiger partial charge in [-0.2, -0.15) is 0 Å². The zero-order valence-electron chi connectivity index (χ0n) is 66.1. The average Bonchev–Trinajstić information content (AvgIpc) is 0.955. The molecule has 0 aromatic heterocycles. The van der Waals surface area contributed by atoms with E-state index in [-0.39, 0.29) is 25.7 Å². The number of aliphatic hydroxyl groups excluding tert-OH is 1. The SMILES string of the molecule is CCCCCCCCCCCCCCCCCCCCCCCCC(=O)OC[C@H](COP(=O)(O)OC[C@@H](O)COP(=O)(O)OC[C@@H](COC(=O)CCCCCCCCC)OC(=O)CCCCCCCCCCCC)OC(=O)CCCCCCCCCCCCCCCCCCCCC(C)CC. The van der Waals surface area contributed by atoms with Gasteiger partial charge in [-0.25, -0.2) is 9.13 Å². The Balaban J connectivity index is 5.11. The lowest BCUT2D eigenvalue weighted by atomic mass is 9.99. The predicted octanol–water partition coefficient (Wildman–Crippen LogP) is 24.8. The largest absolute Gasteiger partial charge is 0.472 e. The standard InChI is InChI=1S/C82H160O17P2/c1-6-10-13-16-19-21-23-24-25-26-27-28-29-30-34-37-40-43-47-51-56-61-66-80(85)93-72-78(99-82(87)68-63-58-53-48-44-41-38-35-32-31-33-36-39-42-45-50-54-59-64-75(5)9-4)74-97-101(90,91)95-70-76(83)69-94-100(88,89)96-73-77(71-92-79(84)65-60-55-49-18-15-12-8-3)98-81(86)67-62-57-52-46-22-20-17-14-11-7-2/h75-78,83H,6-74H2,1-5H3,(H,88,89)(H,90,91)/t75?,76-,77+,78+/m0/s1. The Bertz CT molecular complexity index is 1930. The van der Waals surface area contributed by atoms with Crippen LogP contribution < -0.4 is 0 Å². The molecule has 0 aliphatic rings. The molecule has 0 amide bonds. The fourth-order valence-corrected chi connectivity index (χ4v) is 14.3. The second-order valence-electron chi connectivity index (χ2n) is 29.8. The second-order valence-corrected chi connectivity index (χ2v) is 32.7. The van der Waals surface area contributed by atoms with Crippen molar-refractivity contribution in [2.75, 3.05) is 39.6 Å². The number of hydrogen-bond acceptors (Lipinski definition) is 15. The Kier molecular flexibility index (Phi) is 73.5. The van der Waals surface area contributed by atoms with Gasteiger partial charge in [0.1, 0.15) is 19.3 Å². The fraction of sp³-hybridized carbons (Fsp3) is 0.951. The molecule has 0 rings (SSSR count). The van der Waals surface area contributed by atoms with Crippen LogP contribution in [0.25, 0.3) is 0 Å². The number of ether oxygens (including phenoxy) is 4. The molecule has 0 aromatic carbocycles. The van der Waals surface area contributed by atoms with E-state index >= 15 is 0 Å².